The normalized spacial score (nSPS) is 26.0. The van der Waals surface area contributed by atoms with Gasteiger partial charge in [-0.15, -0.1) is 0 Å². The number of nitro groups is 1. The first-order valence-electron chi connectivity index (χ1n) is 4.54. The fourth-order valence-electron chi connectivity index (χ4n) is 1.76. The first-order chi connectivity index (χ1) is 6.27. The molecule has 0 heterocycles. The van der Waals surface area contributed by atoms with E-state index in [1.807, 2.05) is 19.9 Å². The van der Waals surface area contributed by atoms with Gasteiger partial charge in [-0.2, -0.15) is 0 Å². The van der Waals surface area contributed by atoms with Crippen LogP contribution in [0.3, 0.4) is 0 Å². The van der Waals surface area contributed by atoms with Gasteiger partial charge in [-0.1, -0.05) is 26.8 Å². The van der Waals surface area contributed by atoms with E-state index in [9.17, 15) is 15.2 Å². The van der Waals surface area contributed by atoms with Gasteiger partial charge in [0.25, 0.3) is 5.70 Å². The second kappa shape index (κ2) is 3.12. The third-order valence-corrected chi connectivity index (χ3v) is 2.93. The smallest absolute Gasteiger partial charge is 0.291 e. The Kier molecular flexibility index (Phi) is 2.39. The van der Waals surface area contributed by atoms with E-state index >= 15 is 0 Å². The van der Waals surface area contributed by atoms with E-state index < -0.39 is 4.92 Å². The number of aliphatic hydroxyl groups excluding tert-OH is 1. The van der Waals surface area contributed by atoms with Crippen molar-refractivity contribution in [1.29, 1.82) is 0 Å². The standard InChI is InChI=1S/C10H15NO3/c1-6-5-10(3,4)7(2)8(9(6)12)11(13)14/h5,7,12H,1-4H3. The SMILES string of the molecule is CC1=CC(C)(C)C(C)C([N+](=O)[O-])=C1O. The van der Waals surface area contributed by atoms with Crippen LogP contribution in [0.1, 0.15) is 27.7 Å². The number of nitrogens with zero attached hydrogens (tertiary/aromatic N) is 1. The van der Waals surface area contributed by atoms with E-state index in [1.54, 1.807) is 13.8 Å². The Balaban J connectivity index is 3.30. The van der Waals surface area contributed by atoms with Crippen molar-refractivity contribution in [2.45, 2.75) is 27.7 Å². The Hall–Kier alpha value is -1.32. The van der Waals surface area contributed by atoms with Crippen molar-refractivity contribution in [1.82, 2.24) is 0 Å². The molecule has 0 amide bonds. The number of rotatable bonds is 1. The zero-order chi connectivity index (χ0) is 11.1. The monoisotopic (exact) mass is 197 g/mol. The van der Waals surface area contributed by atoms with Crippen molar-refractivity contribution in [3.8, 4) is 0 Å². The zero-order valence-electron chi connectivity index (χ0n) is 8.87. The van der Waals surface area contributed by atoms with Gasteiger partial charge in [-0.3, -0.25) is 10.1 Å². The van der Waals surface area contributed by atoms with Gasteiger partial charge >= 0.3 is 0 Å². The van der Waals surface area contributed by atoms with E-state index in [2.05, 4.69) is 0 Å². The Morgan fingerprint density at radius 3 is 2.50 bits per heavy atom. The lowest BCUT2D eigenvalue weighted by Crippen LogP contribution is -2.29. The molecule has 0 aromatic carbocycles. The molecule has 1 aliphatic carbocycles. The highest BCUT2D eigenvalue weighted by Crippen LogP contribution is 2.41. The lowest BCUT2D eigenvalue weighted by Gasteiger charge is -2.30. The van der Waals surface area contributed by atoms with Crippen LogP contribution in [0.15, 0.2) is 23.1 Å². The third-order valence-electron chi connectivity index (χ3n) is 2.93. The van der Waals surface area contributed by atoms with E-state index in [0.717, 1.165) is 0 Å². The van der Waals surface area contributed by atoms with E-state index in [4.69, 9.17) is 0 Å². The summed E-state index contributed by atoms with van der Waals surface area (Å²) in [4.78, 5) is 10.3. The molecular formula is C10H15NO3. The van der Waals surface area contributed by atoms with Gasteiger partial charge in [0.2, 0.25) is 0 Å². The van der Waals surface area contributed by atoms with Crippen molar-refractivity contribution in [3.05, 3.63) is 33.2 Å². The van der Waals surface area contributed by atoms with E-state index in [0.29, 0.717) is 5.57 Å². The van der Waals surface area contributed by atoms with Gasteiger partial charge in [0.15, 0.2) is 5.76 Å². The molecule has 0 bridgehead atoms. The molecule has 1 atom stereocenters. The molecule has 0 aliphatic heterocycles. The first-order valence-corrected chi connectivity index (χ1v) is 4.54. The minimum Gasteiger partial charge on any atom is -0.502 e. The second-order valence-corrected chi connectivity index (χ2v) is 4.36. The van der Waals surface area contributed by atoms with E-state index in [-0.39, 0.29) is 22.8 Å². The molecule has 0 radical (unpaired) electrons. The van der Waals surface area contributed by atoms with E-state index in [1.165, 1.54) is 0 Å². The van der Waals surface area contributed by atoms with Crippen LogP contribution in [0.4, 0.5) is 0 Å². The molecule has 0 saturated heterocycles. The Bertz CT molecular complexity index is 339. The van der Waals surface area contributed by atoms with Crippen molar-refractivity contribution in [3.63, 3.8) is 0 Å². The van der Waals surface area contributed by atoms with Gasteiger partial charge in [0.1, 0.15) is 0 Å². The van der Waals surface area contributed by atoms with Crippen LogP contribution in [-0.2, 0) is 0 Å². The summed E-state index contributed by atoms with van der Waals surface area (Å²) in [5.74, 6) is -0.456. The molecule has 1 N–H and O–H groups in total. The molecule has 1 aliphatic rings. The van der Waals surface area contributed by atoms with Crippen molar-refractivity contribution in [2.24, 2.45) is 11.3 Å². The molecule has 14 heavy (non-hydrogen) atoms. The number of aliphatic hydroxyl groups is 1. The highest BCUT2D eigenvalue weighted by Gasteiger charge is 2.40. The van der Waals surface area contributed by atoms with Gasteiger partial charge in [-0.25, -0.2) is 0 Å². The maximum Gasteiger partial charge on any atom is 0.291 e. The predicted molar refractivity (Wildman–Crippen MR) is 53.4 cm³/mol. The van der Waals surface area contributed by atoms with Gasteiger partial charge in [-0.05, 0) is 17.9 Å². The van der Waals surface area contributed by atoms with Crippen molar-refractivity contribution in [2.75, 3.05) is 0 Å². The average Bonchev–Trinajstić information content (AvgIpc) is 2.00. The predicted octanol–water partition coefficient (Wildman–Crippen LogP) is 2.65. The van der Waals surface area contributed by atoms with Gasteiger partial charge in [0.05, 0.1) is 10.8 Å². The first kappa shape index (κ1) is 10.8. The molecule has 0 fully saturated rings. The minimum atomic E-state index is -0.488. The Labute approximate surface area is 83.1 Å². The van der Waals surface area contributed by atoms with Crippen molar-refractivity contribution < 1.29 is 10.0 Å². The molecule has 78 valence electrons. The summed E-state index contributed by atoms with van der Waals surface area (Å²) in [7, 11) is 0. The summed E-state index contributed by atoms with van der Waals surface area (Å²) in [6, 6.07) is 0. The fraction of sp³-hybridized carbons (Fsp3) is 0.600. The second-order valence-electron chi connectivity index (χ2n) is 4.36. The van der Waals surface area contributed by atoms with Crippen LogP contribution in [0, 0.1) is 21.4 Å². The largest absolute Gasteiger partial charge is 0.502 e. The number of hydrogen-bond donors (Lipinski definition) is 1. The summed E-state index contributed by atoms with van der Waals surface area (Å²) < 4.78 is 0. The molecule has 1 rings (SSSR count). The van der Waals surface area contributed by atoms with Crippen molar-refractivity contribution >= 4 is 0 Å². The Morgan fingerprint density at radius 2 is 2.07 bits per heavy atom. The summed E-state index contributed by atoms with van der Waals surface area (Å²) in [5.41, 5.74) is 0.230. The topological polar surface area (TPSA) is 63.4 Å². The van der Waals surface area contributed by atoms with Crippen LogP contribution >= 0.6 is 0 Å². The van der Waals surface area contributed by atoms with Crippen LogP contribution in [0.2, 0.25) is 0 Å². The maximum absolute atomic E-state index is 10.8. The number of allylic oxidation sites excluding steroid dienone is 3. The van der Waals surface area contributed by atoms with Crippen LogP contribution in [0.5, 0.6) is 0 Å². The van der Waals surface area contributed by atoms with Crippen LogP contribution in [0.25, 0.3) is 0 Å². The molecule has 0 spiro atoms. The molecule has 1 unspecified atom stereocenters. The molecular weight excluding hydrogens is 182 g/mol. The molecule has 0 saturated carbocycles. The molecule has 4 heteroatoms. The highest BCUT2D eigenvalue weighted by molar-refractivity contribution is 5.33. The number of hydrogen-bond acceptors (Lipinski definition) is 3. The van der Waals surface area contributed by atoms with Gasteiger partial charge in [0, 0.05) is 0 Å². The maximum atomic E-state index is 10.8. The lowest BCUT2D eigenvalue weighted by atomic mass is 9.73. The van der Waals surface area contributed by atoms with Crippen LogP contribution in [-0.4, -0.2) is 10.0 Å². The Morgan fingerprint density at radius 1 is 1.57 bits per heavy atom. The lowest BCUT2D eigenvalue weighted by molar-refractivity contribution is -0.439. The highest BCUT2D eigenvalue weighted by atomic mass is 16.6. The minimum absolute atomic E-state index is 0.0741. The average molecular weight is 197 g/mol. The third kappa shape index (κ3) is 1.52. The van der Waals surface area contributed by atoms with Crippen LogP contribution < -0.4 is 0 Å². The summed E-state index contributed by atoms with van der Waals surface area (Å²) in [5, 5.41) is 20.3. The zero-order valence-corrected chi connectivity index (χ0v) is 8.87. The summed E-state index contributed by atoms with van der Waals surface area (Å²) in [6.45, 7) is 7.30. The van der Waals surface area contributed by atoms with Gasteiger partial charge < -0.3 is 5.11 Å². The summed E-state index contributed by atoms with van der Waals surface area (Å²) in [6.07, 6.45) is 1.88. The quantitative estimate of drug-likeness (QED) is 0.519. The molecule has 0 aromatic heterocycles. The summed E-state index contributed by atoms with van der Waals surface area (Å²) >= 11 is 0. The molecule has 0 aromatic rings. The molecule has 4 nitrogen and oxygen atoms in total. The fourth-order valence-corrected chi connectivity index (χ4v) is 1.76.